The van der Waals surface area contributed by atoms with E-state index in [2.05, 4.69) is 25.6 Å². The smallest absolute Gasteiger partial charge is 0.0838 e. The maximum atomic E-state index is 10.5. The third-order valence-corrected chi connectivity index (χ3v) is 5.24. The Bertz CT molecular complexity index is 443. The van der Waals surface area contributed by atoms with Crippen molar-refractivity contribution in [2.24, 2.45) is 0 Å². The van der Waals surface area contributed by atoms with E-state index >= 15 is 0 Å². The molecular weight excluding hydrogens is 332 g/mol. The largest absolute Gasteiger partial charge is 0.390 e. The molecule has 0 fully saturated rings. The number of hydrogen-bond donors (Lipinski definition) is 1. The van der Waals surface area contributed by atoms with Gasteiger partial charge in [-0.15, -0.1) is 6.58 Å². The van der Waals surface area contributed by atoms with Crippen molar-refractivity contribution in [2.45, 2.75) is 109 Å². The van der Waals surface area contributed by atoms with Crippen LogP contribution in [0, 0.1) is 0 Å². The van der Waals surface area contributed by atoms with Crippen LogP contribution >= 0.6 is 0 Å². The van der Waals surface area contributed by atoms with E-state index in [1.165, 1.54) is 63.4 Å². The molecule has 1 N–H and O–H groups in total. The first-order chi connectivity index (χ1) is 13.3. The zero-order chi connectivity index (χ0) is 19.6. The van der Waals surface area contributed by atoms with E-state index in [0.717, 1.165) is 25.7 Å². The Morgan fingerprint density at radius 2 is 1.48 bits per heavy atom. The lowest BCUT2D eigenvalue weighted by Gasteiger charge is -2.23. The number of benzene rings is 1. The quantitative estimate of drug-likeness (QED) is 0.217. The van der Waals surface area contributed by atoms with Crippen molar-refractivity contribution in [2.75, 3.05) is 0 Å². The summed E-state index contributed by atoms with van der Waals surface area (Å²) in [5.74, 6) is 0. The molecule has 0 unspecified atom stereocenters. The first-order valence-corrected chi connectivity index (χ1v) is 11.2. The average Bonchev–Trinajstić information content (AvgIpc) is 2.70. The van der Waals surface area contributed by atoms with Gasteiger partial charge in [0.25, 0.3) is 0 Å². The summed E-state index contributed by atoms with van der Waals surface area (Å²) < 4.78 is 6.09. The normalized spacial score (nSPS) is 13.4. The van der Waals surface area contributed by atoms with Crippen LogP contribution in [0.5, 0.6) is 0 Å². The highest BCUT2D eigenvalue weighted by atomic mass is 16.5. The SMILES string of the molecule is C=CCC[C@@H](O)[C@@H](CCCCCCCCCCCC)OCc1ccccc1. The number of allylic oxidation sites excluding steroid dienone is 1. The van der Waals surface area contributed by atoms with Crippen molar-refractivity contribution in [3.05, 3.63) is 48.6 Å². The molecule has 0 amide bonds. The molecular formula is C25H42O2. The van der Waals surface area contributed by atoms with Crippen LogP contribution in [0.3, 0.4) is 0 Å². The van der Waals surface area contributed by atoms with Gasteiger partial charge in [0.15, 0.2) is 0 Å². The molecule has 2 nitrogen and oxygen atoms in total. The van der Waals surface area contributed by atoms with Crippen LogP contribution in [0.1, 0.15) is 96.0 Å². The third-order valence-electron chi connectivity index (χ3n) is 5.24. The highest BCUT2D eigenvalue weighted by Crippen LogP contribution is 2.18. The Morgan fingerprint density at radius 3 is 2.07 bits per heavy atom. The third kappa shape index (κ3) is 12.8. The van der Waals surface area contributed by atoms with Crippen LogP contribution in [0.2, 0.25) is 0 Å². The molecule has 0 saturated heterocycles. The second-order valence-corrected chi connectivity index (χ2v) is 7.74. The van der Waals surface area contributed by atoms with Crippen LogP contribution < -0.4 is 0 Å². The average molecular weight is 375 g/mol. The molecule has 2 atom stereocenters. The first-order valence-electron chi connectivity index (χ1n) is 11.2. The Labute approximate surface area is 168 Å². The van der Waals surface area contributed by atoms with Gasteiger partial charge >= 0.3 is 0 Å². The molecule has 2 heteroatoms. The zero-order valence-electron chi connectivity index (χ0n) is 17.6. The summed E-state index contributed by atoms with van der Waals surface area (Å²) in [5.41, 5.74) is 1.17. The van der Waals surface area contributed by atoms with Crippen LogP contribution in [0.25, 0.3) is 0 Å². The molecule has 0 aromatic heterocycles. The van der Waals surface area contributed by atoms with E-state index in [9.17, 15) is 5.11 Å². The predicted octanol–water partition coefficient (Wildman–Crippen LogP) is 7.21. The number of rotatable bonds is 18. The van der Waals surface area contributed by atoms with Gasteiger partial charge in [-0.1, -0.05) is 108 Å². The molecule has 0 heterocycles. The fourth-order valence-corrected chi connectivity index (χ4v) is 3.47. The molecule has 1 rings (SSSR count). The van der Waals surface area contributed by atoms with Gasteiger partial charge in [-0.3, -0.25) is 0 Å². The molecule has 0 radical (unpaired) electrons. The highest BCUT2D eigenvalue weighted by Gasteiger charge is 2.19. The summed E-state index contributed by atoms with van der Waals surface area (Å²) in [6.07, 6.45) is 17.2. The number of ether oxygens (including phenoxy) is 1. The highest BCUT2D eigenvalue weighted by molar-refractivity contribution is 5.13. The standard InChI is InChI=1S/C25H42O2/c1-3-5-7-8-9-10-11-12-13-17-21-25(24(26)20-6-4-2)27-22-23-18-15-14-16-19-23/h4,14-16,18-19,24-26H,2-3,5-13,17,20-22H2,1H3/t24-,25-/m1/s1. The maximum Gasteiger partial charge on any atom is 0.0838 e. The molecule has 0 aliphatic carbocycles. The van der Waals surface area contributed by atoms with Crippen molar-refractivity contribution in [1.29, 1.82) is 0 Å². The minimum Gasteiger partial charge on any atom is -0.390 e. The summed E-state index contributed by atoms with van der Waals surface area (Å²) in [7, 11) is 0. The Morgan fingerprint density at radius 1 is 0.889 bits per heavy atom. The van der Waals surface area contributed by atoms with Gasteiger partial charge in [0, 0.05) is 0 Å². The lowest BCUT2D eigenvalue weighted by atomic mass is 10.0. The van der Waals surface area contributed by atoms with E-state index in [4.69, 9.17) is 4.74 Å². The van der Waals surface area contributed by atoms with Crippen molar-refractivity contribution in [3.8, 4) is 0 Å². The molecule has 0 bridgehead atoms. The predicted molar refractivity (Wildman–Crippen MR) is 117 cm³/mol. The number of unbranched alkanes of at least 4 members (excludes halogenated alkanes) is 9. The van der Waals surface area contributed by atoms with Gasteiger partial charge < -0.3 is 9.84 Å². The zero-order valence-corrected chi connectivity index (χ0v) is 17.6. The fourth-order valence-electron chi connectivity index (χ4n) is 3.47. The number of hydrogen-bond acceptors (Lipinski definition) is 2. The molecule has 1 aromatic carbocycles. The first kappa shape index (κ1) is 23.9. The summed E-state index contributed by atoms with van der Waals surface area (Å²) in [6.45, 7) is 6.61. The van der Waals surface area contributed by atoms with E-state index in [1.54, 1.807) is 0 Å². The maximum absolute atomic E-state index is 10.5. The van der Waals surface area contributed by atoms with Gasteiger partial charge in [0.1, 0.15) is 0 Å². The van der Waals surface area contributed by atoms with Crippen LogP contribution in [-0.4, -0.2) is 17.3 Å². The van der Waals surface area contributed by atoms with Crippen LogP contribution in [-0.2, 0) is 11.3 Å². The van der Waals surface area contributed by atoms with E-state index in [0.29, 0.717) is 6.61 Å². The molecule has 0 aliphatic heterocycles. The Balaban J connectivity index is 2.20. The van der Waals surface area contributed by atoms with Crippen molar-refractivity contribution >= 4 is 0 Å². The summed E-state index contributed by atoms with van der Waals surface area (Å²) in [6, 6.07) is 10.2. The minimum absolute atomic E-state index is 0.0702. The number of aliphatic hydroxyl groups excluding tert-OH is 1. The van der Waals surface area contributed by atoms with Crippen LogP contribution in [0.15, 0.2) is 43.0 Å². The van der Waals surface area contributed by atoms with Crippen molar-refractivity contribution in [3.63, 3.8) is 0 Å². The van der Waals surface area contributed by atoms with Gasteiger partial charge in [-0.05, 0) is 24.8 Å². The lowest BCUT2D eigenvalue weighted by Crippen LogP contribution is -2.29. The van der Waals surface area contributed by atoms with Gasteiger partial charge in [0.05, 0.1) is 18.8 Å². The van der Waals surface area contributed by atoms with Gasteiger partial charge in [0.2, 0.25) is 0 Å². The molecule has 0 saturated carbocycles. The second kappa shape index (κ2) is 17.0. The summed E-state index contributed by atoms with van der Waals surface area (Å²) >= 11 is 0. The van der Waals surface area contributed by atoms with Crippen molar-refractivity contribution < 1.29 is 9.84 Å². The molecule has 0 spiro atoms. The molecule has 0 aliphatic rings. The van der Waals surface area contributed by atoms with Gasteiger partial charge in [-0.25, -0.2) is 0 Å². The Hall–Kier alpha value is -1.12. The van der Waals surface area contributed by atoms with E-state index in [-0.39, 0.29) is 6.10 Å². The van der Waals surface area contributed by atoms with Crippen LogP contribution in [0.4, 0.5) is 0 Å². The molecule has 154 valence electrons. The molecule has 27 heavy (non-hydrogen) atoms. The fraction of sp³-hybridized carbons (Fsp3) is 0.680. The van der Waals surface area contributed by atoms with Gasteiger partial charge in [-0.2, -0.15) is 0 Å². The number of aliphatic hydroxyl groups is 1. The van der Waals surface area contributed by atoms with E-state index in [1.807, 2.05) is 24.3 Å². The van der Waals surface area contributed by atoms with Crippen molar-refractivity contribution in [1.82, 2.24) is 0 Å². The summed E-state index contributed by atoms with van der Waals surface area (Å²) in [4.78, 5) is 0. The Kier molecular flexibility index (Phi) is 15.1. The minimum atomic E-state index is -0.398. The topological polar surface area (TPSA) is 29.5 Å². The molecule has 1 aromatic rings. The monoisotopic (exact) mass is 374 g/mol. The second-order valence-electron chi connectivity index (χ2n) is 7.74. The van der Waals surface area contributed by atoms with E-state index < -0.39 is 6.10 Å². The lowest BCUT2D eigenvalue weighted by molar-refractivity contribution is -0.0532. The summed E-state index contributed by atoms with van der Waals surface area (Å²) in [5, 5.41) is 10.5.